The summed E-state index contributed by atoms with van der Waals surface area (Å²) in [6.07, 6.45) is 10.2. The Labute approximate surface area is 306 Å². The molecule has 1 aliphatic rings. The van der Waals surface area contributed by atoms with Gasteiger partial charge < -0.3 is 24.8 Å². The molecule has 0 aromatic heterocycles. The van der Waals surface area contributed by atoms with E-state index in [1.54, 1.807) is 26.9 Å². The molecule has 46 heavy (non-hydrogen) atoms. The fourth-order valence-electron chi connectivity index (χ4n) is 6.89. The molecule has 0 amide bonds. The summed E-state index contributed by atoms with van der Waals surface area (Å²) >= 11 is 1.46. The van der Waals surface area contributed by atoms with Crippen LogP contribution in [0.4, 0.5) is 0 Å². The van der Waals surface area contributed by atoms with E-state index in [2.05, 4.69) is 156 Å². The second-order valence-corrected chi connectivity index (χ2v) is 25.3. The number of hydrogen-bond acceptors (Lipinski definition) is 0. The van der Waals surface area contributed by atoms with Crippen molar-refractivity contribution in [3.05, 3.63) is 131 Å². The van der Waals surface area contributed by atoms with Crippen LogP contribution in [-0.2, 0) is 37.1 Å². The van der Waals surface area contributed by atoms with E-state index in [9.17, 15) is 0 Å². The molecule has 0 saturated heterocycles. The molecular formula is C41H47Cl2Si2Zr-. The van der Waals surface area contributed by atoms with Gasteiger partial charge in [0.2, 0.25) is 0 Å². The van der Waals surface area contributed by atoms with Gasteiger partial charge in [0.05, 0.1) is 16.1 Å². The van der Waals surface area contributed by atoms with Crippen molar-refractivity contribution in [2.45, 2.75) is 72.4 Å². The molecule has 6 rings (SSSR count). The minimum absolute atomic E-state index is 0. The standard InChI is InChI=1S/C28H37Si2.C13H10.2ClH.Zr/c1-9-19-15-16-23-21(17-19)18-24-25(20-13-11-12-14-20)22(10-2)27(29(3,4)5)28(26(23)24)30(6,7)8;1-3-7-12(8-4-1)11-13-9-5-2-6-10-13;;;/h11-13,15-18H,9-10,14H2,1-8H3;1-10H;2*1H;/q-1;;;;+2/p-2. The Bertz CT molecular complexity index is 1830. The van der Waals surface area contributed by atoms with Crippen LogP contribution in [0.2, 0.25) is 39.3 Å². The van der Waals surface area contributed by atoms with Gasteiger partial charge in [-0.05, 0) is 19.3 Å². The summed E-state index contributed by atoms with van der Waals surface area (Å²) < 4.78 is 1.42. The summed E-state index contributed by atoms with van der Waals surface area (Å²) in [6, 6.07) is 30.8. The molecule has 0 fully saturated rings. The molecule has 0 saturated carbocycles. The topological polar surface area (TPSA) is 0 Å². The second kappa shape index (κ2) is 15.9. The van der Waals surface area contributed by atoms with Gasteiger partial charge in [0.15, 0.2) is 0 Å². The first-order chi connectivity index (χ1) is 21.0. The molecule has 0 N–H and O–H groups in total. The first kappa shape index (κ1) is 38.4. The fourth-order valence-corrected chi connectivity index (χ4v) is 14.0. The molecule has 0 atom stereocenters. The van der Waals surface area contributed by atoms with Gasteiger partial charge in [-0.25, -0.2) is 0 Å². The minimum atomic E-state index is -1.57. The predicted octanol–water partition coefficient (Wildman–Crippen LogP) is 4.08. The van der Waals surface area contributed by atoms with Crippen molar-refractivity contribution in [1.82, 2.24) is 0 Å². The summed E-state index contributed by atoms with van der Waals surface area (Å²) in [7, 11) is -3.11. The first-order valence-corrected chi connectivity index (χ1v) is 24.5. The second-order valence-electron chi connectivity index (χ2n) is 14.1. The summed E-state index contributed by atoms with van der Waals surface area (Å²) in [5.41, 5.74) is 8.83. The van der Waals surface area contributed by atoms with E-state index < -0.39 is 16.1 Å². The zero-order chi connectivity index (χ0) is 31.6. The van der Waals surface area contributed by atoms with Crippen molar-refractivity contribution in [3.8, 4) is 0 Å². The third-order valence-electron chi connectivity index (χ3n) is 8.81. The van der Waals surface area contributed by atoms with E-state index in [0.29, 0.717) is 0 Å². The van der Waals surface area contributed by atoms with Crippen molar-refractivity contribution in [1.29, 1.82) is 0 Å². The number of rotatable bonds is 7. The summed E-state index contributed by atoms with van der Waals surface area (Å²) in [4.78, 5) is 0. The van der Waals surface area contributed by atoms with Crippen LogP contribution >= 0.6 is 0 Å². The number of allylic oxidation sites excluding steroid dienone is 4. The molecule has 0 aliphatic heterocycles. The third kappa shape index (κ3) is 7.99. The average Bonchev–Trinajstić information content (AvgIpc) is 3.67. The number of fused-ring (bicyclic) bond motifs is 3. The van der Waals surface area contributed by atoms with Crippen molar-refractivity contribution in [3.63, 3.8) is 0 Å². The van der Waals surface area contributed by atoms with Crippen LogP contribution in [0.1, 0.15) is 48.1 Å². The van der Waals surface area contributed by atoms with Crippen LogP contribution in [0.5, 0.6) is 0 Å². The van der Waals surface area contributed by atoms with Crippen molar-refractivity contribution < 1.29 is 49.0 Å². The summed E-state index contributed by atoms with van der Waals surface area (Å²) in [5.74, 6) is 0. The maximum absolute atomic E-state index is 2.56. The first-order valence-electron chi connectivity index (χ1n) is 16.2. The van der Waals surface area contributed by atoms with Crippen molar-refractivity contribution >= 4 is 56.8 Å². The molecule has 1 aliphatic carbocycles. The zero-order valence-electron chi connectivity index (χ0n) is 28.7. The van der Waals surface area contributed by atoms with Crippen LogP contribution in [0.15, 0.2) is 103 Å². The Balaban J connectivity index is 0.000000304. The molecule has 5 aromatic carbocycles. The molecule has 238 valence electrons. The van der Waals surface area contributed by atoms with Gasteiger partial charge in [0.25, 0.3) is 0 Å². The molecule has 0 spiro atoms. The number of benzene rings is 4. The Morgan fingerprint density at radius 3 is 1.76 bits per heavy atom. The monoisotopic (exact) mass is 755 g/mol. The summed E-state index contributed by atoms with van der Waals surface area (Å²) in [6.45, 7) is 20.0. The van der Waals surface area contributed by atoms with Gasteiger partial charge in [-0.15, -0.1) is 33.7 Å². The Morgan fingerprint density at radius 2 is 1.30 bits per heavy atom. The molecule has 5 heteroatoms. The molecule has 0 bridgehead atoms. The van der Waals surface area contributed by atoms with Crippen LogP contribution < -0.4 is 35.2 Å². The number of halogens is 2. The van der Waals surface area contributed by atoms with Crippen LogP contribution in [-0.4, -0.2) is 19.4 Å². The SMILES string of the molecule is CCc1ccc2c(c1)[cH-]c1c(C3=CC=CC3)c(CC)c([Si](C)(C)C)c([Si](C)(C)C)c12.[Cl-].[Cl-].[Zr+2]=[C](c1ccccc1)c1ccccc1. The quantitative estimate of drug-likeness (QED) is 0.174. The normalized spacial score (nSPS) is 12.7. The van der Waals surface area contributed by atoms with Gasteiger partial charge in [0, 0.05) is 0 Å². The summed E-state index contributed by atoms with van der Waals surface area (Å²) in [5, 5.41) is 9.55. The van der Waals surface area contributed by atoms with E-state index in [1.165, 1.54) is 65.9 Å². The van der Waals surface area contributed by atoms with E-state index in [1.807, 2.05) is 0 Å². The Morgan fingerprint density at radius 1 is 0.739 bits per heavy atom. The van der Waals surface area contributed by atoms with Crippen molar-refractivity contribution in [2.24, 2.45) is 0 Å². The average molecular weight is 758 g/mol. The third-order valence-corrected chi connectivity index (χ3v) is 14.5. The van der Waals surface area contributed by atoms with Gasteiger partial charge >= 0.3 is 99.2 Å². The molecule has 5 aromatic rings. The Kier molecular flexibility index (Phi) is 13.3. The fraction of sp³-hybridized carbons (Fsp3) is 0.268. The van der Waals surface area contributed by atoms with E-state index in [0.717, 1.165) is 19.3 Å². The maximum atomic E-state index is 2.56. The zero-order valence-corrected chi connectivity index (χ0v) is 34.7. The molecule has 0 unspecified atom stereocenters. The number of aryl methyl sites for hydroxylation is 1. The van der Waals surface area contributed by atoms with E-state index in [4.69, 9.17) is 0 Å². The molecule has 0 heterocycles. The van der Waals surface area contributed by atoms with Crippen molar-refractivity contribution in [2.75, 3.05) is 0 Å². The van der Waals surface area contributed by atoms with Crippen LogP contribution in [0, 0.1) is 0 Å². The van der Waals surface area contributed by atoms with Gasteiger partial charge in [-0.3, -0.25) is 0 Å². The van der Waals surface area contributed by atoms with Gasteiger partial charge in [-0.1, -0.05) is 116 Å². The molecule has 0 radical (unpaired) electrons. The molecule has 0 nitrogen and oxygen atoms in total. The van der Waals surface area contributed by atoms with E-state index >= 15 is 0 Å². The van der Waals surface area contributed by atoms with Crippen LogP contribution in [0.3, 0.4) is 0 Å². The van der Waals surface area contributed by atoms with Gasteiger partial charge in [0.1, 0.15) is 0 Å². The number of hydrogen-bond donors (Lipinski definition) is 0. The molecular weight excluding hydrogens is 711 g/mol. The predicted molar refractivity (Wildman–Crippen MR) is 200 cm³/mol. The Hall–Kier alpha value is -2.00. The van der Waals surface area contributed by atoms with Crippen LogP contribution in [0.25, 0.3) is 27.1 Å². The van der Waals surface area contributed by atoms with Gasteiger partial charge in [-0.2, -0.15) is 0 Å². The van der Waals surface area contributed by atoms with E-state index in [-0.39, 0.29) is 24.8 Å².